The van der Waals surface area contributed by atoms with Crippen molar-refractivity contribution in [2.24, 2.45) is 0 Å². The summed E-state index contributed by atoms with van der Waals surface area (Å²) in [4.78, 5) is 18.0. The van der Waals surface area contributed by atoms with Gasteiger partial charge in [0.1, 0.15) is 5.65 Å². The van der Waals surface area contributed by atoms with Crippen molar-refractivity contribution in [2.75, 3.05) is 10.7 Å². The predicted molar refractivity (Wildman–Crippen MR) is 101 cm³/mol. The van der Waals surface area contributed by atoms with Crippen LogP contribution in [-0.4, -0.2) is 35.8 Å². The molecule has 0 aliphatic carbocycles. The zero-order valence-corrected chi connectivity index (χ0v) is 17.3. The Hall–Kier alpha value is -3.42. The fraction of sp³-hybridized carbons (Fsp3) is 0.263. The molecular weight excluding hydrogens is 477 g/mol. The Labute approximate surface area is 182 Å². The average molecular weight is 489 g/mol. The Kier molecular flexibility index (Phi) is 4.26. The van der Waals surface area contributed by atoms with Gasteiger partial charge in [-0.1, -0.05) is 6.92 Å². The summed E-state index contributed by atoms with van der Waals surface area (Å²) < 4.78 is 101. The maximum atomic E-state index is 13.3. The first-order valence-corrected chi connectivity index (χ1v) is 11.0. The van der Waals surface area contributed by atoms with Crippen LogP contribution in [0.1, 0.15) is 28.4 Å². The number of halogens is 5. The van der Waals surface area contributed by atoms with Crippen molar-refractivity contribution in [3.05, 3.63) is 47.2 Å². The Morgan fingerprint density at radius 3 is 2.45 bits per heavy atom. The molecule has 2 aliphatic heterocycles. The van der Waals surface area contributed by atoms with Crippen LogP contribution in [0.5, 0.6) is 11.5 Å². The lowest BCUT2D eigenvalue weighted by molar-refractivity contribution is -0.286. The number of pyridine rings is 1. The second kappa shape index (κ2) is 6.56. The third-order valence-electron chi connectivity index (χ3n) is 5.25. The predicted octanol–water partition coefficient (Wildman–Crippen LogP) is 3.63. The van der Waals surface area contributed by atoms with Crippen molar-refractivity contribution < 1.29 is 44.6 Å². The van der Waals surface area contributed by atoms with Crippen LogP contribution in [0.25, 0.3) is 5.65 Å². The number of rotatable bonds is 3. The standard InChI is InChI=1S/C19H12F5N3O5S/c1-2-33(29,30)17-15(25-14-6-10(18(20,21)22)3-4-26(14)17)27-8-9-5-12-13(7-11(9)16(27)28)32-19(23,24)31-12/h3-7H,2,8H2,1H3. The lowest BCUT2D eigenvalue weighted by Gasteiger charge is -2.15. The molecule has 5 rings (SSSR count). The van der Waals surface area contributed by atoms with Crippen molar-refractivity contribution >= 4 is 27.2 Å². The highest BCUT2D eigenvalue weighted by molar-refractivity contribution is 7.91. The van der Waals surface area contributed by atoms with E-state index in [0.717, 1.165) is 27.6 Å². The number of carbonyl (C=O) groups excluding carboxylic acids is 1. The first-order chi connectivity index (χ1) is 15.3. The van der Waals surface area contributed by atoms with Crippen molar-refractivity contribution in [1.29, 1.82) is 0 Å². The number of imidazole rings is 1. The second-order valence-corrected chi connectivity index (χ2v) is 9.49. The fourth-order valence-corrected chi connectivity index (χ4v) is 4.88. The van der Waals surface area contributed by atoms with E-state index in [2.05, 4.69) is 14.5 Å². The van der Waals surface area contributed by atoms with Crippen molar-refractivity contribution in [1.82, 2.24) is 9.38 Å². The van der Waals surface area contributed by atoms with Crippen molar-refractivity contribution in [3.8, 4) is 11.5 Å². The molecule has 0 N–H and O–H groups in total. The largest absolute Gasteiger partial charge is 0.586 e. The molecule has 1 amide bonds. The number of amides is 1. The Bertz CT molecular complexity index is 1450. The monoisotopic (exact) mass is 489 g/mol. The third kappa shape index (κ3) is 3.27. The van der Waals surface area contributed by atoms with Gasteiger partial charge < -0.3 is 9.47 Å². The number of aromatic nitrogens is 2. The van der Waals surface area contributed by atoms with Gasteiger partial charge in [-0.05, 0) is 29.8 Å². The number of benzene rings is 1. The van der Waals surface area contributed by atoms with Gasteiger partial charge in [-0.25, -0.2) is 13.4 Å². The second-order valence-electron chi connectivity index (χ2n) is 7.30. The minimum Gasteiger partial charge on any atom is -0.395 e. The van der Waals surface area contributed by atoms with Crippen molar-refractivity contribution in [3.63, 3.8) is 0 Å². The summed E-state index contributed by atoms with van der Waals surface area (Å²) in [5, 5.41) is -0.457. The van der Waals surface area contributed by atoms with Crippen molar-refractivity contribution in [2.45, 2.75) is 31.0 Å². The zero-order valence-electron chi connectivity index (χ0n) is 16.5. The van der Waals surface area contributed by atoms with E-state index in [0.29, 0.717) is 12.1 Å². The van der Waals surface area contributed by atoms with Gasteiger partial charge in [-0.3, -0.25) is 14.1 Å². The van der Waals surface area contributed by atoms with E-state index in [-0.39, 0.29) is 40.6 Å². The zero-order chi connectivity index (χ0) is 23.9. The molecule has 0 spiro atoms. The molecule has 0 radical (unpaired) electrons. The van der Waals surface area contributed by atoms with Gasteiger partial charge in [0, 0.05) is 11.8 Å². The molecular formula is C19H12F5N3O5S. The third-order valence-corrected chi connectivity index (χ3v) is 6.98. The van der Waals surface area contributed by atoms with Crippen LogP contribution in [0, 0.1) is 0 Å². The van der Waals surface area contributed by atoms with Gasteiger partial charge in [0.25, 0.3) is 5.91 Å². The molecule has 2 aromatic heterocycles. The highest BCUT2D eigenvalue weighted by Gasteiger charge is 2.46. The summed E-state index contributed by atoms with van der Waals surface area (Å²) in [7, 11) is -4.06. The van der Waals surface area contributed by atoms with Gasteiger partial charge in [0.2, 0.25) is 0 Å². The molecule has 8 nitrogen and oxygen atoms in total. The SMILES string of the molecule is CCS(=O)(=O)c1c(N2Cc3cc4c(cc3C2=O)OC(F)(F)O4)nc2cc(C(F)(F)F)ccn12. The number of fused-ring (bicyclic) bond motifs is 3. The number of sulfone groups is 1. The summed E-state index contributed by atoms with van der Waals surface area (Å²) in [5.41, 5.74) is -1.20. The number of hydrogen-bond acceptors (Lipinski definition) is 6. The Morgan fingerprint density at radius 2 is 1.82 bits per heavy atom. The van der Waals surface area contributed by atoms with Crippen LogP contribution in [0.15, 0.2) is 35.5 Å². The Balaban J connectivity index is 1.65. The Morgan fingerprint density at radius 1 is 1.15 bits per heavy atom. The molecule has 0 unspecified atom stereocenters. The molecule has 0 saturated heterocycles. The van der Waals surface area contributed by atoms with E-state index >= 15 is 0 Å². The highest BCUT2D eigenvalue weighted by atomic mass is 32.2. The summed E-state index contributed by atoms with van der Waals surface area (Å²) in [5.74, 6) is -2.24. The number of ether oxygens (including phenoxy) is 2. The molecule has 0 bridgehead atoms. The van der Waals surface area contributed by atoms with Crippen LogP contribution in [-0.2, 0) is 22.6 Å². The van der Waals surface area contributed by atoms with E-state index in [9.17, 15) is 35.2 Å². The molecule has 14 heteroatoms. The molecule has 1 aromatic carbocycles. The first kappa shape index (κ1) is 21.4. The molecule has 4 heterocycles. The van der Waals surface area contributed by atoms with E-state index in [1.54, 1.807) is 0 Å². The quantitative estimate of drug-likeness (QED) is 0.522. The summed E-state index contributed by atoms with van der Waals surface area (Å²) in [6.07, 6.45) is -7.66. The molecule has 0 fully saturated rings. The summed E-state index contributed by atoms with van der Waals surface area (Å²) in [6, 6.07) is 3.58. The lowest BCUT2D eigenvalue weighted by Crippen LogP contribution is -2.26. The van der Waals surface area contributed by atoms with Crippen LogP contribution in [0.3, 0.4) is 0 Å². The van der Waals surface area contributed by atoms with E-state index in [4.69, 9.17) is 0 Å². The highest BCUT2D eigenvalue weighted by Crippen LogP contribution is 2.45. The molecule has 0 atom stereocenters. The van der Waals surface area contributed by atoms with Gasteiger partial charge in [-0.2, -0.15) is 13.2 Å². The van der Waals surface area contributed by atoms with E-state index in [1.807, 2.05) is 0 Å². The van der Waals surface area contributed by atoms with Gasteiger partial charge in [0.05, 0.1) is 17.9 Å². The van der Waals surface area contributed by atoms with Crippen LogP contribution in [0.4, 0.5) is 27.8 Å². The minimum absolute atomic E-state index is 0.0528. The number of carbonyl (C=O) groups is 1. The van der Waals surface area contributed by atoms with Gasteiger partial charge in [0.15, 0.2) is 32.2 Å². The average Bonchev–Trinajstić information content (AvgIpc) is 3.34. The van der Waals surface area contributed by atoms with Crippen LogP contribution in [0.2, 0.25) is 0 Å². The first-order valence-electron chi connectivity index (χ1n) is 9.37. The molecule has 174 valence electrons. The number of alkyl halides is 5. The number of nitrogens with zero attached hydrogens (tertiary/aromatic N) is 3. The van der Waals surface area contributed by atoms with Gasteiger partial charge >= 0.3 is 12.5 Å². The molecule has 0 saturated carbocycles. The normalized spacial score (nSPS) is 17.2. The molecule has 2 aliphatic rings. The maximum absolute atomic E-state index is 13.3. The maximum Gasteiger partial charge on any atom is 0.586 e. The van der Waals surface area contributed by atoms with Crippen LogP contribution >= 0.6 is 0 Å². The smallest absolute Gasteiger partial charge is 0.395 e. The van der Waals surface area contributed by atoms with Gasteiger partial charge in [-0.15, -0.1) is 8.78 Å². The summed E-state index contributed by atoms with van der Waals surface area (Å²) in [6.45, 7) is 1.07. The topological polar surface area (TPSA) is 90.2 Å². The number of anilines is 1. The lowest BCUT2D eigenvalue weighted by atomic mass is 10.1. The van der Waals surface area contributed by atoms with E-state index < -0.39 is 44.6 Å². The molecule has 33 heavy (non-hydrogen) atoms. The minimum atomic E-state index is -4.69. The number of hydrogen-bond donors (Lipinski definition) is 0. The summed E-state index contributed by atoms with van der Waals surface area (Å²) >= 11 is 0. The van der Waals surface area contributed by atoms with E-state index in [1.165, 1.54) is 6.92 Å². The fourth-order valence-electron chi connectivity index (χ4n) is 3.71. The van der Waals surface area contributed by atoms with Crippen LogP contribution < -0.4 is 14.4 Å². The molecule has 3 aromatic rings.